The van der Waals surface area contributed by atoms with Crippen molar-refractivity contribution in [1.29, 1.82) is 5.26 Å². The number of rotatable bonds is 9. The van der Waals surface area contributed by atoms with Crippen molar-refractivity contribution >= 4 is 23.7 Å². The SMILES string of the molecule is CCC1CC12CN(C=O)C2Oc1ccc(-c2ncnc(Nc3ccc(N4CCN(C5COC5)CC4)cc3)n2)cc1C#N.CCO. The van der Waals surface area contributed by atoms with Crippen LogP contribution in [0.15, 0.2) is 48.8 Å². The van der Waals surface area contributed by atoms with Crippen molar-refractivity contribution in [3.8, 4) is 23.2 Å². The number of nitrogens with one attached hydrogen (secondary N) is 1. The summed E-state index contributed by atoms with van der Waals surface area (Å²) in [4.78, 5) is 31.4. The summed E-state index contributed by atoms with van der Waals surface area (Å²) in [7, 11) is 0. The first-order valence-electron chi connectivity index (χ1n) is 15.7. The molecule has 1 spiro atoms. The van der Waals surface area contributed by atoms with Gasteiger partial charge in [0.05, 0.1) is 24.8 Å². The lowest BCUT2D eigenvalue weighted by molar-refractivity contribution is -0.158. The molecule has 1 saturated carbocycles. The molecule has 4 aliphatic rings. The van der Waals surface area contributed by atoms with Crippen LogP contribution in [-0.4, -0.2) is 101 Å². The van der Waals surface area contributed by atoms with Gasteiger partial charge in [-0.2, -0.15) is 10.2 Å². The molecule has 3 saturated heterocycles. The summed E-state index contributed by atoms with van der Waals surface area (Å²) in [5.74, 6) is 1.88. The van der Waals surface area contributed by atoms with Gasteiger partial charge in [0, 0.05) is 61.7 Å². The second-order valence-electron chi connectivity index (χ2n) is 11.9. The first kappa shape index (κ1) is 30.7. The molecule has 1 aliphatic carbocycles. The number of carbonyl (C=O) groups is 1. The maximum Gasteiger partial charge on any atom is 0.230 e. The fraction of sp³-hybridized carbons (Fsp3) is 0.485. The van der Waals surface area contributed by atoms with Crippen LogP contribution in [-0.2, 0) is 9.53 Å². The minimum atomic E-state index is -0.329. The molecule has 1 aromatic heterocycles. The van der Waals surface area contributed by atoms with Crippen LogP contribution in [0.3, 0.4) is 0 Å². The minimum Gasteiger partial charge on any atom is -0.468 e. The Kier molecular flexibility index (Phi) is 9.11. The van der Waals surface area contributed by atoms with Crippen LogP contribution in [0.25, 0.3) is 11.4 Å². The van der Waals surface area contributed by atoms with E-state index in [1.807, 2.05) is 18.2 Å². The number of piperazine rings is 1. The third-order valence-electron chi connectivity index (χ3n) is 9.29. The molecule has 45 heavy (non-hydrogen) atoms. The van der Waals surface area contributed by atoms with Gasteiger partial charge in [-0.1, -0.05) is 13.3 Å². The molecule has 3 unspecified atom stereocenters. The number of nitriles is 1. The summed E-state index contributed by atoms with van der Waals surface area (Å²) < 4.78 is 11.6. The van der Waals surface area contributed by atoms with Gasteiger partial charge in [-0.15, -0.1) is 0 Å². The Balaban J connectivity index is 0.00000115. The number of aromatic nitrogens is 3. The van der Waals surface area contributed by atoms with Gasteiger partial charge in [-0.25, -0.2) is 9.97 Å². The highest BCUT2D eigenvalue weighted by Crippen LogP contribution is 2.63. The van der Waals surface area contributed by atoms with E-state index < -0.39 is 0 Å². The second kappa shape index (κ2) is 13.4. The molecule has 12 nitrogen and oxygen atoms in total. The Bertz CT molecular complexity index is 1520. The lowest BCUT2D eigenvalue weighted by Crippen LogP contribution is -2.61. The van der Waals surface area contributed by atoms with Crippen LogP contribution in [0.4, 0.5) is 17.3 Å². The zero-order valence-corrected chi connectivity index (χ0v) is 25.8. The lowest BCUT2D eigenvalue weighted by atomic mass is 9.90. The molecule has 3 aliphatic heterocycles. The van der Waals surface area contributed by atoms with Crippen molar-refractivity contribution in [2.45, 2.75) is 39.0 Å². The highest BCUT2D eigenvalue weighted by Gasteiger charge is 2.68. The van der Waals surface area contributed by atoms with Crippen molar-refractivity contribution in [3.63, 3.8) is 0 Å². The number of nitrogens with zero attached hydrogens (tertiary/aromatic N) is 7. The molecular formula is C33H40N8O4. The van der Waals surface area contributed by atoms with E-state index in [1.165, 1.54) is 12.0 Å². The van der Waals surface area contributed by atoms with Crippen LogP contribution in [0.2, 0.25) is 0 Å². The van der Waals surface area contributed by atoms with Gasteiger partial charge in [0.1, 0.15) is 18.1 Å². The molecule has 1 amide bonds. The lowest BCUT2D eigenvalue weighted by Gasteiger charge is -2.47. The number of amides is 1. The number of carbonyl (C=O) groups excluding carboxylic acids is 1. The Morgan fingerprint density at radius 2 is 1.89 bits per heavy atom. The zero-order valence-electron chi connectivity index (χ0n) is 25.8. The van der Waals surface area contributed by atoms with Crippen molar-refractivity contribution < 1.29 is 19.4 Å². The molecule has 7 rings (SSSR count). The van der Waals surface area contributed by atoms with Gasteiger partial charge >= 0.3 is 0 Å². The average molecular weight is 613 g/mol. The van der Waals surface area contributed by atoms with E-state index >= 15 is 0 Å². The standard InChI is InChI=1S/C31H34N8O3.C2H6O/c1-2-23-14-31(23)18-39(20-40)29(31)42-27-8-3-21(13-22(27)15-32)28-33-19-34-30(36-28)35-24-4-6-25(7-5-24)37-9-11-38(12-10-37)26-16-41-17-26;1-2-3/h3-8,13,19-20,23,26,29H,2,9-12,14,16-18H2,1H3,(H,33,34,35,36);3H,2H2,1H3. The first-order valence-corrected chi connectivity index (χ1v) is 15.7. The highest BCUT2D eigenvalue weighted by molar-refractivity contribution is 5.64. The molecule has 4 heterocycles. The van der Waals surface area contributed by atoms with E-state index in [4.69, 9.17) is 14.6 Å². The van der Waals surface area contributed by atoms with Crippen molar-refractivity contribution in [1.82, 2.24) is 24.8 Å². The van der Waals surface area contributed by atoms with Gasteiger partial charge in [-0.05, 0) is 61.7 Å². The van der Waals surface area contributed by atoms with Gasteiger partial charge in [0.2, 0.25) is 12.4 Å². The summed E-state index contributed by atoms with van der Waals surface area (Å²) in [6, 6.07) is 16.4. The second-order valence-corrected chi connectivity index (χ2v) is 11.9. The number of benzene rings is 2. The monoisotopic (exact) mass is 612 g/mol. The van der Waals surface area contributed by atoms with Gasteiger partial charge in [0.25, 0.3) is 0 Å². The van der Waals surface area contributed by atoms with E-state index in [9.17, 15) is 10.1 Å². The molecule has 3 aromatic rings. The maximum atomic E-state index is 11.5. The zero-order chi connectivity index (χ0) is 31.4. The summed E-state index contributed by atoms with van der Waals surface area (Å²) in [6.07, 6.45) is 4.08. The smallest absolute Gasteiger partial charge is 0.230 e. The highest BCUT2D eigenvalue weighted by atomic mass is 16.5. The molecule has 12 heteroatoms. The molecule has 0 radical (unpaired) electrons. The number of aliphatic hydroxyl groups is 1. The predicted octanol–water partition coefficient (Wildman–Crippen LogP) is 3.27. The average Bonchev–Trinajstić information content (AvgIpc) is 3.80. The Labute approximate surface area is 263 Å². The molecule has 236 valence electrons. The van der Waals surface area contributed by atoms with Gasteiger partial charge in [0.15, 0.2) is 12.1 Å². The third-order valence-corrected chi connectivity index (χ3v) is 9.29. The number of likely N-dealkylation sites (tertiary alicyclic amines) is 1. The molecule has 0 bridgehead atoms. The number of hydrogen-bond acceptors (Lipinski definition) is 11. The molecule has 3 atom stereocenters. The fourth-order valence-corrected chi connectivity index (χ4v) is 6.58. The summed E-state index contributed by atoms with van der Waals surface area (Å²) in [5, 5.41) is 20.7. The van der Waals surface area contributed by atoms with Crippen LogP contribution in [0.5, 0.6) is 5.75 Å². The van der Waals surface area contributed by atoms with Crippen molar-refractivity contribution in [2.75, 3.05) is 62.8 Å². The Morgan fingerprint density at radius 1 is 1.13 bits per heavy atom. The molecule has 4 fully saturated rings. The summed E-state index contributed by atoms with van der Waals surface area (Å²) in [5.41, 5.74) is 3.15. The number of hydrogen-bond donors (Lipinski definition) is 2. The molecule has 2 N–H and O–H groups in total. The van der Waals surface area contributed by atoms with E-state index in [-0.39, 0.29) is 18.2 Å². The van der Waals surface area contributed by atoms with Crippen LogP contribution >= 0.6 is 0 Å². The quantitative estimate of drug-likeness (QED) is 0.344. The molecule has 2 aromatic carbocycles. The predicted molar refractivity (Wildman–Crippen MR) is 169 cm³/mol. The van der Waals surface area contributed by atoms with Crippen LogP contribution in [0, 0.1) is 22.7 Å². The number of ether oxygens (including phenoxy) is 2. The topological polar surface area (TPSA) is 140 Å². The van der Waals surface area contributed by atoms with Crippen molar-refractivity contribution in [3.05, 3.63) is 54.4 Å². The Hall–Kier alpha value is -4.31. The van der Waals surface area contributed by atoms with Crippen LogP contribution in [0.1, 0.15) is 32.3 Å². The number of anilines is 3. The van der Waals surface area contributed by atoms with E-state index in [2.05, 4.69) is 55.2 Å². The summed E-state index contributed by atoms with van der Waals surface area (Å²) >= 11 is 0. The van der Waals surface area contributed by atoms with Gasteiger partial charge < -0.3 is 29.7 Å². The Morgan fingerprint density at radius 3 is 2.51 bits per heavy atom. The van der Waals surface area contributed by atoms with E-state index in [0.29, 0.717) is 40.6 Å². The van der Waals surface area contributed by atoms with Crippen LogP contribution < -0.4 is 15.0 Å². The van der Waals surface area contributed by atoms with Crippen molar-refractivity contribution in [2.24, 2.45) is 11.3 Å². The minimum absolute atomic E-state index is 0.0222. The summed E-state index contributed by atoms with van der Waals surface area (Å²) in [6.45, 7) is 10.7. The van der Waals surface area contributed by atoms with Gasteiger partial charge in [-0.3, -0.25) is 9.69 Å². The number of aliphatic hydroxyl groups excluding tert-OH is 1. The molecular weight excluding hydrogens is 572 g/mol. The fourth-order valence-electron chi connectivity index (χ4n) is 6.58. The first-order chi connectivity index (χ1) is 22.0. The van der Waals surface area contributed by atoms with E-state index in [1.54, 1.807) is 24.0 Å². The normalized spacial score (nSPS) is 24.0. The maximum absolute atomic E-state index is 11.5. The third kappa shape index (κ3) is 6.29. The van der Waals surface area contributed by atoms with E-state index in [0.717, 1.165) is 70.9 Å². The largest absolute Gasteiger partial charge is 0.468 e.